The summed E-state index contributed by atoms with van der Waals surface area (Å²) < 4.78 is 12.8. The molecule has 1 aromatic carbocycles. The van der Waals surface area contributed by atoms with Gasteiger partial charge in [-0.3, -0.25) is 0 Å². The van der Waals surface area contributed by atoms with Crippen LogP contribution in [0.3, 0.4) is 0 Å². The molecule has 0 aliphatic heterocycles. The first-order chi connectivity index (χ1) is 7.89. The molecule has 0 saturated heterocycles. The van der Waals surface area contributed by atoms with E-state index in [0.29, 0.717) is 5.41 Å². The van der Waals surface area contributed by atoms with E-state index in [9.17, 15) is 4.39 Å². The van der Waals surface area contributed by atoms with Gasteiger partial charge in [0, 0.05) is 5.54 Å². The third kappa shape index (κ3) is 3.29. The van der Waals surface area contributed by atoms with Crippen LogP contribution < -0.4 is 5.73 Å². The van der Waals surface area contributed by atoms with Crippen LogP contribution in [0.5, 0.6) is 0 Å². The smallest absolute Gasteiger partial charge is 0.123 e. The number of hydrogen-bond donors (Lipinski definition) is 1. The van der Waals surface area contributed by atoms with E-state index in [-0.39, 0.29) is 11.4 Å². The maximum absolute atomic E-state index is 12.8. The van der Waals surface area contributed by atoms with Crippen molar-refractivity contribution < 1.29 is 4.39 Å². The first-order valence-corrected chi connectivity index (χ1v) is 6.42. The highest BCUT2D eigenvalue weighted by Crippen LogP contribution is 2.40. The van der Waals surface area contributed by atoms with Crippen molar-refractivity contribution >= 4 is 0 Å². The van der Waals surface area contributed by atoms with Gasteiger partial charge in [0.15, 0.2) is 0 Å². The van der Waals surface area contributed by atoms with Crippen molar-refractivity contribution in [2.24, 2.45) is 11.1 Å². The van der Waals surface area contributed by atoms with Crippen LogP contribution in [0.25, 0.3) is 0 Å². The van der Waals surface area contributed by atoms with Gasteiger partial charge in [0.25, 0.3) is 0 Å². The minimum Gasteiger partial charge on any atom is -0.325 e. The molecule has 2 rings (SSSR count). The Hall–Kier alpha value is -0.890. The Kier molecular flexibility index (Phi) is 3.26. The summed E-state index contributed by atoms with van der Waals surface area (Å²) in [7, 11) is 0. The van der Waals surface area contributed by atoms with E-state index < -0.39 is 0 Å². The summed E-state index contributed by atoms with van der Waals surface area (Å²) in [6.45, 7) is 4.62. The average Bonchev–Trinajstić information content (AvgIpc) is 2.27. The zero-order valence-electron chi connectivity index (χ0n) is 10.8. The van der Waals surface area contributed by atoms with Crippen molar-refractivity contribution in [3.8, 4) is 0 Å². The summed E-state index contributed by atoms with van der Waals surface area (Å²) in [6, 6.07) is 6.74. The largest absolute Gasteiger partial charge is 0.325 e. The fourth-order valence-electron chi connectivity index (χ4n) is 2.61. The summed E-state index contributed by atoms with van der Waals surface area (Å²) >= 11 is 0. The lowest BCUT2D eigenvalue weighted by Gasteiger charge is -2.41. The van der Waals surface area contributed by atoms with Gasteiger partial charge in [-0.25, -0.2) is 4.39 Å². The van der Waals surface area contributed by atoms with Gasteiger partial charge in [-0.2, -0.15) is 0 Å². The van der Waals surface area contributed by atoms with E-state index in [4.69, 9.17) is 5.73 Å². The highest BCUT2D eigenvalue weighted by Gasteiger charge is 2.35. The summed E-state index contributed by atoms with van der Waals surface area (Å²) in [6.07, 6.45) is 5.37. The molecule has 1 nitrogen and oxygen atoms in total. The monoisotopic (exact) mass is 235 g/mol. The van der Waals surface area contributed by atoms with Crippen LogP contribution in [-0.2, 0) is 6.42 Å². The van der Waals surface area contributed by atoms with Crippen molar-refractivity contribution in [1.29, 1.82) is 0 Å². The lowest BCUT2D eigenvalue weighted by atomic mass is 9.68. The van der Waals surface area contributed by atoms with Gasteiger partial charge >= 0.3 is 0 Å². The molecule has 0 radical (unpaired) electrons. The molecule has 94 valence electrons. The van der Waals surface area contributed by atoms with E-state index >= 15 is 0 Å². The van der Waals surface area contributed by atoms with E-state index in [2.05, 4.69) is 13.8 Å². The standard InChI is InChI=1S/C15H22FN/c1-14(2)7-9-15(17,10-8-14)11-12-3-5-13(16)6-4-12/h3-6H,7-11,17H2,1-2H3. The van der Waals surface area contributed by atoms with Gasteiger partial charge in [-0.15, -0.1) is 0 Å². The van der Waals surface area contributed by atoms with Crippen LogP contribution in [0.15, 0.2) is 24.3 Å². The van der Waals surface area contributed by atoms with Crippen LogP contribution >= 0.6 is 0 Å². The van der Waals surface area contributed by atoms with Crippen molar-refractivity contribution in [3.63, 3.8) is 0 Å². The van der Waals surface area contributed by atoms with Crippen molar-refractivity contribution in [2.45, 2.75) is 51.5 Å². The van der Waals surface area contributed by atoms with Gasteiger partial charge in [-0.05, 0) is 55.2 Å². The second kappa shape index (κ2) is 4.41. The first kappa shape index (κ1) is 12.6. The van der Waals surface area contributed by atoms with Crippen molar-refractivity contribution in [2.75, 3.05) is 0 Å². The molecule has 0 unspecified atom stereocenters. The van der Waals surface area contributed by atoms with Crippen molar-refractivity contribution in [1.82, 2.24) is 0 Å². The highest BCUT2D eigenvalue weighted by atomic mass is 19.1. The van der Waals surface area contributed by atoms with Gasteiger partial charge in [0.2, 0.25) is 0 Å². The normalized spacial score (nSPS) is 22.4. The SMILES string of the molecule is CC1(C)CCC(N)(Cc2ccc(F)cc2)CC1. The quantitative estimate of drug-likeness (QED) is 0.831. The predicted molar refractivity (Wildman–Crippen MR) is 69.3 cm³/mol. The Bertz CT molecular complexity index is 370. The summed E-state index contributed by atoms with van der Waals surface area (Å²) in [4.78, 5) is 0. The fourth-order valence-corrected chi connectivity index (χ4v) is 2.61. The molecule has 0 amide bonds. The Morgan fingerprint density at radius 2 is 1.59 bits per heavy atom. The maximum Gasteiger partial charge on any atom is 0.123 e. The molecule has 0 bridgehead atoms. The second-order valence-corrected chi connectivity index (χ2v) is 6.33. The lowest BCUT2D eigenvalue weighted by Crippen LogP contribution is -2.46. The number of halogens is 1. The average molecular weight is 235 g/mol. The number of nitrogens with two attached hydrogens (primary N) is 1. The summed E-state index contributed by atoms with van der Waals surface area (Å²) in [5, 5.41) is 0. The molecular formula is C15H22FN. The van der Waals surface area contributed by atoms with Gasteiger partial charge in [0.05, 0.1) is 0 Å². The lowest BCUT2D eigenvalue weighted by molar-refractivity contribution is 0.164. The van der Waals surface area contributed by atoms with E-state index in [1.807, 2.05) is 12.1 Å². The van der Waals surface area contributed by atoms with Gasteiger partial charge in [0.1, 0.15) is 5.82 Å². The molecule has 0 spiro atoms. The zero-order valence-corrected chi connectivity index (χ0v) is 10.8. The number of rotatable bonds is 2. The zero-order chi connectivity index (χ0) is 12.5. The first-order valence-electron chi connectivity index (χ1n) is 6.42. The van der Waals surface area contributed by atoms with E-state index in [1.165, 1.54) is 25.0 Å². The van der Waals surface area contributed by atoms with Crippen LogP contribution in [0.1, 0.15) is 45.1 Å². The molecule has 0 atom stereocenters. The van der Waals surface area contributed by atoms with E-state index in [1.54, 1.807) is 0 Å². The minimum absolute atomic E-state index is 0.0899. The maximum atomic E-state index is 12.8. The Morgan fingerprint density at radius 3 is 2.12 bits per heavy atom. The molecule has 2 heteroatoms. The minimum atomic E-state index is -0.176. The van der Waals surface area contributed by atoms with Crippen LogP contribution in [0, 0.1) is 11.2 Å². The molecule has 2 N–H and O–H groups in total. The Balaban J connectivity index is 2.01. The molecule has 1 saturated carbocycles. The molecule has 1 aromatic rings. The molecular weight excluding hydrogens is 213 g/mol. The van der Waals surface area contributed by atoms with Crippen LogP contribution in [0.2, 0.25) is 0 Å². The molecule has 1 fully saturated rings. The predicted octanol–water partition coefficient (Wildman–Crippen LogP) is 3.67. The van der Waals surface area contributed by atoms with Gasteiger partial charge in [-0.1, -0.05) is 26.0 Å². The summed E-state index contributed by atoms with van der Waals surface area (Å²) in [5.41, 5.74) is 7.95. The second-order valence-electron chi connectivity index (χ2n) is 6.33. The molecule has 0 aromatic heterocycles. The van der Waals surface area contributed by atoms with Gasteiger partial charge < -0.3 is 5.73 Å². The van der Waals surface area contributed by atoms with Crippen molar-refractivity contribution in [3.05, 3.63) is 35.6 Å². The number of hydrogen-bond acceptors (Lipinski definition) is 1. The topological polar surface area (TPSA) is 26.0 Å². The van der Waals surface area contributed by atoms with Crippen LogP contribution in [0.4, 0.5) is 4.39 Å². The summed E-state index contributed by atoms with van der Waals surface area (Å²) in [5.74, 6) is -0.176. The molecule has 0 heterocycles. The fraction of sp³-hybridized carbons (Fsp3) is 0.600. The Labute approximate surface area is 103 Å². The molecule has 1 aliphatic carbocycles. The third-order valence-corrected chi connectivity index (χ3v) is 4.07. The highest BCUT2D eigenvalue weighted by molar-refractivity contribution is 5.19. The Morgan fingerprint density at radius 1 is 1.06 bits per heavy atom. The number of benzene rings is 1. The molecule has 1 aliphatic rings. The third-order valence-electron chi connectivity index (χ3n) is 4.07. The van der Waals surface area contributed by atoms with E-state index in [0.717, 1.165) is 24.8 Å². The molecule has 17 heavy (non-hydrogen) atoms. The van der Waals surface area contributed by atoms with Crippen LogP contribution in [-0.4, -0.2) is 5.54 Å².